The van der Waals surface area contributed by atoms with Crippen LogP contribution in [0.25, 0.3) is 0 Å². The van der Waals surface area contributed by atoms with Crippen LogP contribution in [0.15, 0.2) is 0 Å². The molecule has 0 aromatic carbocycles. The normalized spacial score (nSPS) is 12.1. The molecule has 0 nitrogen and oxygen atoms in total. The highest BCUT2D eigenvalue weighted by Gasteiger charge is 1.92. The fourth-order valence-electron chi connectivity index (χ4n) is 1.19. The Morgan fingerprint density at radius 2 is 2.09 bits per heavy atom. The van der Waals surface area contributed by atoms with Crippen molar-refractivity contribution in [3.8, 4) is 0 Å². The van der Waals surface area contributed by atoms with E-state index < -0.39 is 0 Å². The smallest absolute Gasteiger partial charge is 0.00503 e. The monoisotopic (exact) mass is 169 g/mol. The van der Waals surface area contributed by atoms with Gasteiger partial charge in [-0.25, -0.2) is 0 Å². The first-order chi connectivity index (χ1) is 5.35. The van der Waals surface area contributed by atoms with E-state index in [1.165, 1.54) is 31.4 Å². The number of hydrogen-bond acceptors (Lipinski definition) is 0. The minimum Gasteiger partial charge on any atom is -0.104 e. The Kier molecular flexibility index (Phi) is 8.25. The first-order valence-corrected chi connectivity index (χ1v) is 6.81. The summed E-state index contributed by atoms with van der Waals surface area (Å²) in [6.45, 7) is 8.46. The largest absolute Gasteiger partial charge is 0.104 e. The Labute approximate surface area is 73.2 Å². The lowest BCUT2D eigenvalue weighted by Gasteiger charge is -1.99. The molecule has 0 aromatic heterocycles. The van der Waals surface area contributed by atoms with Crippen LogP contribution in [0.4, 0.5) is 0 Å². The van der Waals surface area contributed by atoms with Gasteiger partial charge in [-0.05, 0) is 18.5 Å². The third-order valence-electron chi connectivity index (χ3n) is 1.91. The van der Waals surface area contributed by atoms with E-state index in [0.29, 0.717) is 0 Å². The van der Waals surface area contributed by atoms with Gasteiger partial charge in [0.05, 0.1) is 0 Å². The van der Waals surface area contributed by atoms with Gasteiger partial charge < -0.3 is 0 Å². The summed E-state index contributed by atoms with van der Waals surface area (Å²) in [4.78, 5) is 0. The summed E-state index contributed by atoms with van der Waals surface area (Å²) in [6.07, 6.45) is 5.06. The highest BCUT2D eigenvalue weighted by Crippen LogP contribution is 1.97. The molecule has 65 valence electrons. The lowest BCUT2D eigenvalue weighted by atomic mass is 10.3. The topological polar surface area (TPSA) is 0 Å². The van der Waals surface area contributed by atoms with Crippen LogP contribution < -0.4 is 0 Å². The van der Waals surface area contributed by atoms with E-state index in [9.17, 15) is 0 Å². The summed E-state index contributed by atoms with van der Waals surface area (Å²) >= 11 is 0. The molecular formula is C10H21Si. The Morgan fingerprint density at radius 1 is 1.36 bits per heavy atom. The van der Waals surface area contributed by atoms with Crippen molar-refractivity contribution in [3.63, 3.8) is 0 Å². The molecule has 1 radical (unpaired) electrons. The lowest BCUT2D eigenvalue weighted by molar-refractivity contribution is 0.905. The standard InChI is InChI=1S/C10H21Si/c1-4-7-8-10-11(6-3)9-5-2/h10H,1,4-9H2,2-3H3. The van der Waals surface area contributed by atoms with Crippen LogP contribution in [0.2, 0.25) is 12.1 Å². The summed E-state index contributed by atoms with van der Waals surface area (Å²) in [7, 11) is -0.0601. The zero-order valence-electron chi connectivity index (χ0n) is 8.03. The molecule has 0 spiro atoms. The first kappa shape index (κ1) is 11.1. The Morgan fingerprint density at radius 3 is 2.55 bits per heavy atom. The van der Waals surface area contributed by atoms with E-state index in [2.05, 4.69) is 26.4 Å². The van der Waals surface area contributed by atoms with Gasteiger partial charge in [0.1, 0.15) is 0 Å². The second-order valence-corrected chi connectivity index (χ2v) is 5.89. The molecular weight excluding hydrogens is 148 g/mol. The van der Waals surface area contributed by atoms with Gasteiger partial charge in [-0.2, -0.15) is 0 Å². The van der Waals surface area contributed by atoms with E-state index in [4.69, 9.17) is 0 Å². The number of rotatable bonds is 6. The van der Waals surface area contributed by atoms with E-state index in [1.807, 2.05) is 0 Å². The third kappa shape index (κ3) is 6.48. The molecule has 0 bridgehead atoms. The van der Waals surface area contributed by atoms with Crippen LogP contribution in [0.3, 0.4) is 0 Å². The van der Waals surface area contributed by atoms with Gasteiger partial charge in [0.2, 0.25) is 0 Å². The maximum absolute atomic E-state index is 3.85. The fraction of sp³-hybridized carbons (Fsp3) is 0.800. The first-order valence-electron chi connectivity index (χ1n) is 4.82. The molecule has 11 heavy (non-hydrogen) atoms. The second kappa shape index (κ2) is 8.19. The van der Waals surface area contributed by atoms with Crippen LogP contribution in [-0.2, 0) is 0 Å². The highest BCUT2D eigenvalue weighted by molar-refractivity contribution is 6.65. The van der Waals surface area contributed by atoms with Gasteiger partial charge in [0, 0.05) is 8.41 Å². The second-order valence-electron chi connectivity index (χ2n) is 2.96. The molecule has 0 heterocycles. The Bertz CT molecular complexity index is 105. The van der Waals surface area contributed by atoms with Crippen molar-refractivity contribution in [2.45, 2.75) is 51.6 Å². The Balaban J connectivity index is 3.52. The van der Waals surface area contributed by atoms with Crippen molar-refractivity contribution in [1.82, 2.24) is 0 Å². The van der Waals surface area contributed by atoms with Crippen LogP contribution in [-0.4, -0.2) is 14.1 Å². The van der Waals surface area contributed by atoms with Crippen molar-refractivity contribution < 1.29 is 0 Å². The zero-order valence-corrected chi connectivity index (χ0v) is 9.03. The molecule has 0 N–H and O–H groups in total. The molecule has 0 saturated carbocycles. The maximum Gasteiger partial charge on any atom is 0.00503 e. The fourth-order valence-corrected chi connectivity index (χ4v) is 3.30. The summed E-state index contributed by atoms with van der Waals surface area (Å²) in [5.74, 6) is 0. The van der Waals surface area contributed by atoms with Crippen molar-refractivity contribution >= 4 is 14.1 Å². The van der Waals surface area contributed by atoms with Crippen LogP contribution >= 0.6 is 0 Å². The van der Waals surface area contributed by atoms with Crippen LogP contribution in [0.1, 0.15) is 39.5 Å². The molecule has 0 saturated heterocycles. The SMILES string of the molecule is [CH2]CCCC=[Si](CC)CCC. The summed E-state index contributed by atoms with van der Waals surface area (Å²) < 4.78 is 0. The number of hydrogen-bond donors (Lipinski definition) is 0. The molecule has 0 rings (SSSR count). The molecule has 0 amide bonds. The van der Waals surface area contributed by atoms with Gasteiger partial charge in [0.15, 0.2) is 0 Å². The van der Waals surface area contributed by atoms with Crippen LogP contribution in [0, 0.1) is 6.92 Å². The molecule has 0 fully saturated rings. The highest BCUT2D eigenvalue weighted by atomic mass is 28.2. The average molecular weight is 169 g/mol. The van der Waals surface area contributed by atoms with E-state index in [-0.39, 0.29) is 8.41 Å². The molecule has 0 aliphatic heterocycles. The minimum absolute atomic E-state index is 0.0601. The maximum atomic E-state index is 3.85. The van der Waals surface area contributed by atoms with E-state index in [0.717, 1.165) is 6.42 Å². The molecule has 0 aliphatic rings. The van der Waals surface area contributed by atoms with Crippen LogP contribution in [0.5, 0.6) is 0 Å². The van der Waals surface area contributed by atoms with Gasteiger partial charge in [-0.15, -0.1) is 5.67 Å². The zero-order chi connectivity index (χ0) is 8.53. The predicted molar refractivity (Wildman–Crippen MR) is 56.6 cm³/mol. The minimum atomic E-state index is -0.0601. The van der Waals surface area contributed by atoms with Gasteiger partial charge >= 0.3 is 0 Å². The molecule has 0 aromatic rings. The average Bonchev–Trinajstić information content (AvgIpc) is 2.03. The van der Waals surface area contributed by atoms with E-state index >= 15 is 0 Å². The molecule has 0 unspecified atom stereocenters. The van der Waals surface area contributed by atoms with Crippen molar-refractivity contribution in [2.75, 3.05) is 0 Å². The molecule has 0 aliphatic carbocycles. The van der Waals surface area contributed by atoms with Gasteiger partial charge in [0.25, 0.3) is 0 Å². The number of unbranched alkanes of at least 4 members (excludes halogenated alkanes) is 2. The van der Waals surface area contributed by atoms with Crippen molar-refractivity contribution in [2.24, 2.45) is 0 Å². The van der Waals surface area contributed by atoms with Crippen molar-refractivity contribution in [1.29, 1.82) is 0 Å². The van der Waals surface area contributed by atoms with Crippen molar-refractivity contribution in [3.05, 3.63) is 6.92 Å². The Hall–Kier alpha value is 0.0869. The molecule has 0 atom stereocenters. The quantitative estimate of drug-likeness (QED) is 0.423. The third-order valence-corrected chi connectivity index (χ3v) is 4.83. The van der Waals surface area contributed by atoms with Gasteiger partial charge in [-0.1, -0.05) is 40.0 Å². The molecule has 1 heteroatoms. The van der Waals surface area contributed by atoms with Gasteiger partial charge in [-0.3, -0.25) is 0 Å². The van der Waals surface area contributed by atoms with E-state index in [1.54, 1.807) is 0 Å². The summed E-state index contributed by atoms with van der Waals surface area (Å²) in [5, 5.41) is 0. The summed E-state index contributed by atoms with van der Waals surface area (Å²) in [5.41, 5.74) is 2.58. The lowest BCUT2D eigenvalue weighted by Crippen LogP contribution is -2.02. The predicted octanol–water partition coefficient (Wildman–Crippen LogP) is 3.30. The summed E-state index contributed by atoms with van der Waals surface area (Å²) in [6, 6.07) is 2.88.